The first-order valence-corrected chi connectivity index (χ1v) is 17.4. The SMILES string of the molecule is C[n+]1ccc(-c2c3nc(c(-c4cc[n+](C)cc4)c4ccc([nH]4)c(-c4cc[n+](C)cc4)c4nc(c(-c5cc[n+](C)cc5)c5ccc2[nH]5)C=C4)C=C3)cc1.[I-].[I-].[I-].[I-]. The van der Waals surface area contributed by atoms with Crippen LogP contribution in [0.15, 0.2) is 122 Å². The van der Waals surface area contributed by atoms with Gasteiger partial charge in [-0.2, -0.15) is 0 Å². The average molecular weight is 1190 g/mol. The van der Waals surface area contributed by atoms with Crippen LogP contribution in [0.1, 0.15) is 22.8 Å². The Labute approximate surface area is 394 Å². The van der Waals surface area contributed by atoms with Crippen LogP contribution in [-0.4, -0.2) is 19.9 Å². The number of nitrogens with one attached hydrogen (secondary N) is 2. The second-order valence-corrected chi connectivity index (χ2v) is 13.5. The number of aromatic amines is 2. The fourth-order valence-electron chi connectivity index (χ4n) is 7.09. The van der Waals surface area contributed by atoms with Crippen LogP contribution in [0.25, 0.3) is 90.9 Å². The summed E-state index contributed by atoms with van der Waals surface area (Å²) in [4.78, 5) is 18.4. The minimum absolute atomic E-state index is 0. The number of hydrogen-bond donors (Lipinski definition) is 2. The molecule has 0 spiro atoms. The van der Waals surface area contributed by atoms with E-state index in [1.807, 2.05) is 46.5 Å². The van der Waals surface area contributed by atoms with Crippen molar-refractivity contribution >= 4 is 46.4 Å². The van der Waals surface area contributed by atoms with E-state index in [1.165, 1.54) is 0 Å². The highest BCUT2D eigenvalue weighted by atomic mass is 127. The lowest BCUT2D eigenvalue weighted by Gasteiger charge is -2.06. The van der Waals surface area contributed by atoms with Crippen LogP contribution in [0.3, 0.4) is 0 Å². The molecule has 0 aliphatic carbocycles. The molecule has 2 N–H and O–H groups in total. The molecule has 7 aromatic rings. The first-order valence-electron chi connectivity index (χ1n) is 17.4. The zero-order valence-electron chi connectivity index (χ0n) is 31.1. The van der Waals surface area contributed by atoms with E-state index in [9.17, 15) is 0 Å². The first kappa shape index (κ1) is 43.2. The molecule has 0 atom stereocenters. The third-order valence-electron chi connectivity index (χ3n) is 9.82. The molecule has 0 amide bonds. The zero-order chi connectivity index (χ0) is 35.3. The predicted molar refractivity (Wildman–Crippen MR) is 205 cm³/mol. The van der Waals surface area contributed by atoms with Gasteiger partial charge in [0.1, 0.15) is 28.2 Å². The third kappa shape index (κ3) is 8.38. The summed E-state index contributed by atoms with van der Waals surface area (Å²) in [6.45, 7) is 0. The summed E-state index contributed by atoms with van der Waals surface area (Å²) in [6.07, 6.45) is 25.2. The number of rotatable bonds is 4. The molecule has 9 heterocycles. The normalized spacial score (nSPS) is 11.2. The summed E-state index contributed by atoms with van der Waals surface area (Å²) in [5.74, 6) is 0. The fourth-order valence-corrected chi connectivity index (χ4v) is 7.09. The summed E-state index contributed by atoms with van der Waals surface area (Å²) >= 11 is 0. The Morgan fingerprint density at radius 2 is 0.518 bits per heavy atom. The predicted octanol–water partition coefficient (Wildman–Crippen LogP) is -5.36. The topological polar surface area (TPSA) is 72.9 Å². The molecule has 0 aromatic carbocycles. The van der Waals surface area contributed by atoms with E-state index in [0.29, 0.717) is 0 Å². The number of aryl methyl sites for hydroxylation is 4. The largest absolute Gasteiger partial charge is 1.00 e. The summed E-state index contributed by atoms with van der Waals surface area (Å²) in [5, 5.41) is 0. The Morgan fingerprint density at radius 3 is 0.714 bits per heavy atom. The van der Waals surface area contributed by atoms with Crippen LogP contribution in [0.2, 0.25) is 0 Å². The van der Waals surface area contributed by atoms with Crippen molar-refractivity contribution in [2.75, 3.05) is 0 Å². The molecule has 2 aliphatic heterocycles. The first-order chi connectivity index (χ1) is 25.4. The van der Waals surface area contributed by atoms with Crippen LogP contribution in [-0.2, 0) is 28.2 Å². The molecule has 8 bridgehead atoms. The molecule has 8 nitrogen and oxygen atoms in total. The molecule has 2 aliphatic rings. The standard InChI is InChI=1S/C44H37N8.4HI/c1-49-21-13-29(14-22-49)41-33-5-7-35(45-33)42(30-15-23-50(2)24-16-30)37-9-11-39(47-37)44(32-19-27-52(4)28-20-32)40-12-10-38(48-40)43(36-8-6-34(41)46-36)31-17-25-51(3)26-18-31;;;;/h5-28H,1-4H3,(H,45,46,47,48);4*1H/q+3;;;;/p-3. The minimum Gasteiger partial charge on any atom is -1.00 e. The van der Waals surface area contributed by atoms with Gasteiger partial charge in [-0.3, -0.25) is 0 Å². The van der Waals surface area contributed by atoms with Crippen molar-refractivity contribution in [2.24, 2.45) is 28.2 Å². The Hall–Kier alpha value is -3.88. The van der Waals surface area contributed by atoms with Crippen LogP contribution in [0.5, 0.6) is 0 Å². The van der Waals surface area contributed by atoms with E-state index in [2.05, 4.69) is 157 Å². The van der Waals surface area contributed by atoms with Gasteiger partial charge >= 0.3 is 0 Å². The van der Waals surface area contributed by atoms with Crippen LogP contribution in [0, 0.1) is 0 Å². The summed E-state index contributed by atoms with van der Waals surface area (Å²) in [6, 6.07) is 25.8. The lowest BCUT2D eigenvalue weighted by molar-refractivity contribution is -0.671. The number of nitrogens with zero attached hydrogens (tertiary/aromatic N) is 6. The minimum atomic E-state index is 0. The van der Waals surface area contributed by atoms with Crippen molar-refractivity contribution in [2.45, 2.75) is 0 Å². The maximum atomic E-state index is 5.39. The highest BCUT2D eigenvalue weighted by Crippen LogP contribution is 2.37. The van der Waals surface area contributed by atoms with Crippen LogP contribution >= 0.6 is 0 Å². The lowest BCUT2D eigenvalue weighted by atomic mass is 10.0. The third-order valence-corrected chi connectivity index (χ3v) is 9.82. The number of halogens is 4. The number of pyridine rings is 4. The molecular weight excluding hydrogens is 1150 g/mol. The molecule has 0 unspecified atom stereocenters. The van der Waals surface area contributed by atoms with E-state index in [4.69, 9.17) is 9.97 Å². The number of aromatic nitrogens is 8. The Morgan fingerprint density at radius 1 is 0.321 bits per heavy atom. The van der Waals surface area contributed by atoms with Crippen molar-refractivity contribution in [1.82, 2.24) is 19.9 Å². The van der Waals surface area contributed by atoms with Gasteiger partial charge in [-0.1, -0.05) is 0 Å². The van der Waals surface area contributed by atoms with Crippen LogP contribution < -0.4 is 114 Å². The number of H-pyrrole nitrogens is 2. The lowest BCUT2D eigenvalue weighted by Crippen LogP contribution is -3.00. The van der Waals surface area contributed by atoms with E-state index in [1.54, 1.807) is 0 Å². The monoisotopic (exact) mass is 1190 g/mol. The molecule has 7 aromatic heterocycles. The van der Waals surface area contributed by atoms with Gasteiger partial charge in [-0.15, -0.1) is 0 Å². The Kier molecular flexibility index (Phi) is 14.0. The van der Waals surface area contributed by atoms with Crippen molar-refractivity contribution in [3.8, 4) is 44.5 Å². The van der Waals surface area contributed by atoms with Gasteiger partial charge in [-0.25, -0.2) is 28.2 Å². The summed E-state index contributed by atoms with van der Waals surface area (Å²) in [7, 11) is 8.14. The van der Waals surface area contributed by atoms with Gasteiger partial charge < -0.3 is 106 Å². The van der Waals surface area contributed by atoms with Crippen molar-refractivity contribution in [1.29, 1.82) is 0 Å². The van der Waals surface area contributed by atoms with E-state index < -0.39 is 0 Å². The number of fused-ring (bicyclic) bond motifs is 8. The van der Waals surface area contributed by atoms with Gasteiger partial charge in [0.05, 0.1) is 22.8 Å². The molecule has 9 rings (SSSR count). The maximum absolute atomic E-state index is 5.39. The highest BCUT2D eigenvalue weighted by molar-refractivity contribution is 5.99. The number of hydrogen-bond acceptors (Lipinski definition) is 2. The molecule has 282 valence electrons. The maximum Gasteiger partial charge on any atom is 0.169 e. The molecular formula is C44H38I4N8. The molecule has 0 radical (unpaired) electrons. The van der Waals surface area contributed by atoms with Gasteiger partial charge in [0.15, 0.2) is 49.6 Å². The summed E-state index contributed by atoms with van der Waals surface area (Å²) < 4.78 is 8.20. The summed E-state index contributed by atoms with van der Waals surface area (Å²) in [5.41, 5.74) is 15.9. The fraction of sp³-hybridized carbons (Fsp3) is 0.0909. The molecule has 0 saturated heterocycles. The van der Waals surface area contributed by atoms with E-state index in [-0.39, 0.29) is 95.9 Å². The van der Waals surface area contributed by atoms with Gasteiger partial charge in [-0.05, 0) is 70.8 Å². The van der Waals surface area contributed by atoms with E-state index >= 15 is 0 Å². The second kappa shape index (κ2) is 18.1. The van der Waals surface area contributed by atoms with Crippen LogP contribution in [0.4, 0.5) is 0 Å². The quantitative estimate of drug-likeness (QED) is 0.137. The molecule has 0 fully saturated rings. The van der Waals surface area contributed by atoms with Crippen molar-refractivity contribution < 1.29 is 114 Å². The molecule has 0 saturated carbocycles. The Balaban J connectivity index is 0.00000150. The van der Waals surface area contributed by atoms with E-state index in [0.717, 1.165) is 89.4 Å². The second-order valence-electron chi connectivity index (χ2n) is 13.5. The average Bonchev–Trinajstić information content (AvgIpc) is 3.99. The smallest absolute Gasteiger partial charge is 0.169 e. The van der Waals surface area contributed by atoms with Gasteiger partial charge in [0.2, 0.25) is 0 Å². The van der Waals surface area contributed by atoms with Crippen molar-refractivity contribution in [3.63, 3.8) is 0 Å². The molecule has 56 heavy (non-hydrogen) atoms. The zero-order valence-corrected chi connectivity index (χ0v) is 39.7. The Bertz CT molecular complexity index is 2380. The van der Waals surface area contributed by atoms with Crippen molar-refractivity contribution in [3.05, 3.63) is 145 Å². The van der Waals surface area contributed by atoms with Gasteiger partial charge in [0.25, 0.3) is 0 Å². The highest BCUT2D eigenvalue weighted by Gasteiger charge is 2.20. The molecule has 12 heteroatoms. The van der Waals surface area contributed by atoms with Gasteiger partial charge in [0, 0.05) is 92.9 Å².